The zero-order valence-corrected chi connectivity index (χ0v) is 10.3. The van der Waals surface area contributed by atoms with Gasteiger partial charge in [0.15, 0.2) is 0 Å². The summed E-state index contributed by atoms with van der Waals surface area (Å²) in [6, 6.07) is 2.49. The second-order valence-corrected chi connectivity index (χ2v) is 5.81. The van der Waals surface area contributed by atoms with Crippen molar-refractivity contribution in [3.05, 3.63) is 22.4 Å². The lowest BCUT2D eigenvalue weighted by Crippen LogP contribution is -2.23. The molecule has 0 fully saturated rings. The standard InChI is InChI=1S/C10H17NOS2/c1-3-14(12)7-5-11-9(2)10-4-6-13-8-10/h4,6,8-9,11H,3,5,7H2,1-2H3. The first-order valence-corrected chi connectivity index (χ1v) is 7.27. The summed E-state index contributed by atoms with van der Waals surface area (Å²) in [7, 11) is -0.650. The molecule has 0 aliphatic heterocycles. The van der Waals surface area contributed by atoms with Crippen LogP contribution in [-0.2, 0) is 10.8 Å². The Morgan fingerprint density at radius 1 is 1.64 bits per heavy atom. The highest BCUT2D eigenvalue weighted by Gasteiger charge is 2.04. The minimum atomic E-state index is -0.650. The molecule has 14 heavy (non-hydrogen) atoms. The fraction of sp³-hybridized carbons (Fsp3) is 0.600. The van der Waals surface area contributed by atoms with Crippen LogP contribution in [0.4, 0.5) is 0 Å². The maximum atomic E-state index is 11.2. The fourth-order valence-electron chi connectivity index (χ4n) is 1.17. The zero-order chi connectivity index (χ0) is 10.4. The summed E-state index contributed by atoms with van der Waals surface area (Å²) < 4.78 is 11.2. The number of nitrogens with one attached hydrogen (secondary N) is 1. The second kappa shape index (κ2) is 6.32. The summed E-state index contributed by atoms with van der Waals surface area (Å²) in [5, 5.41) is 7.59. The molecule has 2 nitrogen and oxygen atoms in total. The van der Waals surface area contributed by atoms with Crippen LogP contribution in [0, 0.1) is 0 Å². The van der Waals surface area contributed by atoms with Gasteiger partial charge in [-0.1, -0.05) is 6.92 Å². The molecule has 2 atom stereocenters. The molecule has 0 spiro atoms. The van der Waals surface area contributed by atoms with Gasteiger partial charge in [-0.15, -0.1) is 0 Å². The summed E-state index contributed by atoms with van der Waals surface area (Å²) in [6.45, 7) is 4.92. The van der Waals surface area contributed by atoms with Gasteiger partial charge < -0.3 is 5.32 Å². The Balaban J connectivity index is 2.22. The van der Waals surface area contributed by atoms with Crippen LogP contribution in [0.1, 0.15) is 25.5 Å². The Hall–Kier alpha value is -0.190. The van der Waals surface area contributed by atoms with Crippen LogP contribution in [0.15, 0.2) is 16.8 Å². The predicted molar refractivity (Wildman–Crippen MR) is 64.3 cm³/mol. The first-order chi connectivity index (χ1) is 6.74. The van der Waals surface area contributed by atoms with Crippen molar-refractivity contribution in [3.8, 4) is 0 Å². The molecule has 1 rings (SSSR count). The molecular weight excluding hydrogens is 214 g/mol. The van der Waals surface area contributed by atoms with E-state index in [1.807, 2.05) is 6.92 Å². The quantitative estimate of drug-likeness (QED) is 0.813. The van der Waals surface area contributed by atoms with Gasteiger partial charge >= 0.3 is 0 Å². The van der Waals surface area contributed by atoms with E-state index in [0.29, 0.717) is 6.04 Å². The zero-order valence-electron chi connectivity index (χ0n) is 8.66. The SMILES string of the molecule is CCS(=O)CCNC(C)c1ccsc1. The van der Waals surface area contributed by atoms with Crippen molar-refractivity contribution in [2.45, 2.75) is 19.9 Å². The lowest BCUT2D eigenvalue weighted by atomic mass is 10.2. The molecule has 1 heterocycles. The average Bonchev–Trinajstić information content (AvgIpc) is 2.70. The summed E-state index contributed by atoms with van der Waals surface area (Å²) in [4.78, 5) is 0. The average molecular weight is 231 g/mol. The van der Waals surface area contributed by atoms with Crippen molar-refractivity contribution >= 4 is 22.1 Å². The van der Waals surface area contributed by atoms with E-state index in [1.165, 1.54) is 5.56 Å². The topological polar surface area (TPSA) is 29.1 Å². The molecule has 0 saturated carbocycles. The fourth-order valence-corrected chi connectivity index (χ4v) is 2.56. The molecule has 0 bridgehead atoms. The molecule has 0 aliphatic rings. The highest BCUT2D eigenvalue weighted by atomic mass is 32.2. The van der Waals surface area contributed by atoms with Crippen molar-refractivity contribution in [2.75, 3.05) is 18.1 Å². The molecular formula is C10H17NOS2. The van der Waals surface area contributed by atoms with Crippen molar-refractivity contribution in [1.29, 1.82) is 0 Å². The molecule has 1 aromatic rings. The van der Waals surface area contributed by atoms with E-state index in [4.69, 9.17) is 0 Å². The highest BCUT2D eigenvalue weighted by Crippen LogP contribution is 2.14. The Kier molecular flexibility index (Phi) is 5.37. The van der Waals surface area contributed by atoms with Crippen molar-refractivity contribution in [2.24, 2.45) is 0 Å². The third-order valence-electron chi connectivity index (χ3n) is 2.15. The summed E-state index contributed by atoms with van der Waals surface area (Å²) in [5.74, 6) is 1.51. The molecule has 80 valence electrons. The van der Waals surface area contributed by atoms with Crippen molar-refractivity contribution in [3.63, 3.8) is 0 Å². The van der Waals surface area contributed by atoms with E-state index in [9.17, 15) is 4.21 Å². The number of thiophene rings is 1. The molecule has 0 amide bonds. The van der Waals surface area contributed by atoms with Gasteiger partial charge in [0, 0.05) is 34.9 Å². The van der Waals surface area contributed by atoms with Gasteiger partial charge in [-0.3, -0.25) is 4.21 Å². The maximum Gasteiger partial charge on any atom is 0.0360 e. The van der Waals surface area contributed by atoms with Gasteiger partial charge in [-0.2, -0.15) is 11.3 Å². The van der Waals surface area contributed by atoms with Gasteiger partial charge in [0.25, 0.3) is 0 Å². The summed E-state index contributed by atoms with van der Waals surface area (Å²) in [5.41, 5.74) is 1.32. The highest BCUT2D eigenvalue weighted by molar-refractivity contribution is 7.84. The van der Waals surface area contributed by atoms with Crippen LogP contribution in [-0.4, -0.2) is 22.3 Å². The Bertz CT molecular complexity index is 272. The monoisotopic (exact) mass is 231 g/mol. The van der Waals surface area contributed by atoms with E-state index >= 15 is 0 Å². The van der Waals surface area contributed by atoms with Gasteiger partial charge in [0.05, 0.1) is 0 Å². The third kappa shape index (κ3) is 3.90. The molecule has 0 radical (unpaired) electrons. The number of rotatable bonds is 6. The molecule has 1 N–H and O–H groups in total. The van der Waals surface area contributed by atoms with E-state index in [1.54, 1.807) is 11.3 Å². The smallest absolute Gasteiger partial charge is 0.0360 e. The van der Waals surface area contributed by atoms with Gasteiger partial charge in [-0.25, -0.2) is 0 Å². The lowest BCUT2D eigenvalue weighted by molar-refractivity contribution is 0.598. The Labute approximate surface area is 92.2 Å². The van der Waals surface area contributed by atoms with Crippen LogP contribution in [0.3, 0.4) is 0 Å². The van der Waals surface area contributed by atoms with Gasteiger partial charge in [0.1, 0.15) is 0 Å². The second-order valence-electron chi connectivity index (χ2n) is 3.17. The maximum absolute atomic E-state index is 11.2. The third-order valence-corrected chi connectivity index (χ3v) is 4.15. The van der Waals surface area contributed by atoms with E-state index < -0.39 is 10.8 Å². The predicted octanol–water partition coefficient (Wildman–Crippen LogP) is 2.17. The lowest BCUT2D eigenvalue weighted by Gasteiger charge is -2.11. The van der Waals surface area contributed by atoms with Crippen LogP contribution < -0.4 is 5.32 Å². The van der Waals surface area contributed by atoms with E-state index in [0.717, 1.165) is 18.1 Å². The molecule has 0 aromatic carbocycles. The van der Waals surface area contributed by atoms with Crippen LogP contribution in [0.5, 0.6) is 0 Å². The number of hydrogen-bond donors (Lipinski definition) is 1. The van der Waals surface area contributed by atoms with Crippen LogP contribution in [0.25, 0.3) is 0 Å². The van der Waals surface area contributed by atoms with Gasteiger partial charge in [0.2, 0.25) is 0 Å². The van der Waals surface area contributed by atoms with Crippen molar-refractivity contribution in [1.82, 2.24) is 5.32 Å². The minimum Gasteiger partial charge on any atom is -0.309 e. The number of hydrogen-bond acceptors (Lipinski definition) is 3. The minimum absolute atomic E-state index is 0.370. The Morgan fingerprint density at radius 2 is 2.43 bits per heavy atom. The largest absolute Gasteiger partial charge is 0.309 e. The summed E-state index contributed by atoms with van der Waals surface area (Å²) in [6.07, 6.45) is 0. The Morgan fingerprint density at radius 3 is 3.00 bits per heavy atom. The summed E-state index contributed by atoms with van der Waals surface area (Å²) >= 11 is 1.71. The van der Waals surface area contributed by atoms with Crippen molar-refractivity contribution < 1.29 is 4.21 Å². The first-order valence-electron chi connectivity index (χ1n) is 4.84. The molecule has 0 aliphatic carbocycles. The molecule has 2 unspecified atom stereocenters. The molecule has 4 heteroatoms. The normalized spacial score (nSPS) is 15.3. The van der Waals surface area contributed by atoms with Gasteiger partial charge in [-0.05, 0) is 29.3 Å². The first kappa shape index (κ1) is 11.9. The van der Waals surface area contributed by atoms with Crippen LogP contribution >= 0.6 is 11.3 Å². The molecule has 0 saturated heterocycles. The van der Waals surface area contributed by atoms with Crippen LogP contribution in [0.2, 0.25) is 0 Å². The molecule has 1 aromatic heterocycles. The van der Waals surface area contributed by atoms with E-state index in [-0.39, 0.29) is 0 Å². The van der Waals surface area contributed by atoms with E-state index in [2.05, 4.69) is 29.1 Å².